The second-order valence-electron chi connectivity index (χ2n) is 7.41. The van der Waals surface area contributed by atoms with E-state index in [1.807, 2.05) is 0 Å². The van der Waals surface area contributed by atoms with Gasteiger partial charge in [-0.2, -0.15) is 22.6 Å². The van der Waals surface area contributed by atoms with Crippen molar-refractivity contribution < 1.29 is 36.4 Å². The van der Waals surface area contributed by atoms with Crippen LogP contribution in [0.25, 0.3) is 0 Å². The topological polar surface area (TPSA) is 142 Å². The van der Waals surface area contributed by atoms with Crippen molar-refractivity contribution in [2.24, 2.45) is 11.0 Å². The van der Waals surface area contributed by atoms with Crippen LogP contribution in [-0.2, 0) is 21.0 Å². The monoisotopic (exact) mass is 500 g/mol. The normalized spacial score (nSPS) is 16.0. The minimum absolute atomic E-state index is 0.0456. The molecule has 3 rings (SSSR count). The molecule has 10 nitrogen and oxygen atoms in total. The number of nitro benzene ring substituents is 1. The Morgan fingerprint density at radius 3 is 2.44 bits per heavy atom. The number of sulfonamides is 1. The van der Waals surface area contributed by atoms with Crippen molar-refractivity contribution in [1.29, 1.82) is 0 Å². The van der Waals surface area contributed by atoms with Crippen LogP contribution < -0.4 is 5.43 Å². The van der Waals surface area contributed by atoms with Gasteiger partial charge in [-0.1, -0.05) is 18.2 Å². The number of alkyl halides is 3. The maximum Gasteiger partial charge on any atom is 0.417 e. The van der Waals surface area contributed by atoms with Gasteiger partial charge in [0, 0.05) is 24.7 Å². The summed E-state index contributed by atoms with van der Waals surface area (Å²) >= 11 is 0. The number of carbonyl (C=O) groups is 1. The highest BCUT2D eigenvalue weighted by Crippen LogP contribution is 2.32. The van der Waals surface area contributed by atoms with Gasteiger partial charge in [0.05, 0.1) is 27.5 Å². The lowest BCUT2D eigenvalue weighted by Crippen LogP contribution is -2.40. The molecule has 182 valence electrons. The fourth-order valence-electron chi connectivity index (χ4n) is 3.45. The fraction of sp³-hybridized carbons (Fsp3) is 0.300. The van der Waals surface area contributed by atoms with Gasteiger partial charge >= 0.3 is 12.1 Å². The number of nitrogens with zero attached hydrogens (tertiary/aromatic N) is 3. The molecule has 1 fully saturated rings. The Bertz CT molecular complexity index is 1230. The summed E-state index contributed by atoms with van der Waals surface area (Å²) in [5, 5.41) is 24.2. The average molecular weight is 500 g/mol. The van der Waals surface area contributed by atoms with E-state index in [1.54, 1.807) is 0 Å². The zero-order valence-corrected chi connectivity index (χ0v) is 18.2. The van der Waals surface area contributed by atoms with E-state index < -0.39 is 44.3 Å². The summed E-state index contributed by atoms with van der Waals surface area (Å²) in [7, 11) is -4.12. The molecule has 2 N–H and O–H groups in total. The quantitative estimate of drug-likeness (QED) is 0.336. The molecular formula is C20H19F3N4O6S. The van der Waals surface area contributed by atoms with Gasteiger partial charge in [-0.15, -0.1) is 0 Å². The Labute approximate surface area is 191 Å². The molecule has 0 aliphatic carbocycles. The smallest absolute Gasteiger partial charge is 0.417 e. The largest absolute Gasteiger partial charge is 0.481 e. The number of aliphatic carboxylic acids is 1. The van der Waals surface area contributed by atoms with Crippen molar-refractivity contribution in [3.8, 4) is 0 Å². The highest BCUT2D eigenvalue weighted by atomic mass is 32.2. The molecule has 0 unspecified atom stereocenters. The van der Waals surface area contributed by atoms with Crippen molar-refractivity contribution in [2.45, 2.75) is 23.9 Å². The number of hydrazone groups is 1. The van der Waals surface area contributed by atoms with Crippen LogP contribution in [0.5, 0.6) is 0 Å². The third-order valence-electron chi connectivity index (χ3n) is 5.26. The van der Waals surface area contributed by atoms with Crippen molar-refractivity contribution in [3.63, 3.8) is 0 Å². The summed E-state index contributed by atoms with van der Waals surface area (Å²) in [5.41, 5.74) is 0.196. The second kappa shape index (κ2) is 9.77. The van der Waals surface area contributed by atoms with E-state index in [2.05, 4.69) is 10.5 Å². The van der Waals surface area contributed by atoms with Crippen LogP contribution in [0.4, 0.5) is 24.5 Å². The number of carboxylic acid groups (broad SMARTS) is 1. The molecule has 14 heteroatoms. The Hall–Kier alpha value is -3.52. The number of anilines is 1. The summed E-state index contributed by atoms with van der Waals surface area (Å²) in [6.07, 6.45) is -3.54. The summed E-state index contributed by atoms with van der Waals surface area (Å²) in [6.45, 7) is -0.0913. The van der Waals surface area contributed by atoms with Crippen molar-refractivity contribution in [2.75, 3.05) is 18.5 Å². The van der Waals surface area contributed by atoms with E-state index in [0.717, 1.165) is 34.8 Å². The van der Waals surface area contributed by atoms with E-state index in [9.17, 15) is 36.5 Å². The number of halogens is 3. The molecule has 0 amide bonds. The molecule has 0 aromatic heterocycles. The SMILES string of the molecule is O=C(O)C1CCN(S(=O)(=O)c2ccc(N/N=C\c3ccccc3C(F)(F)F)c([N+](=O)[O-])c2)CC1. The summed E-state index contributed by atoms with van der Waals surface area (Å²) in [5.74, 6) is -1.67. The van der Waals surface area contributed by atoms with Gasteiger partial charge in [0.15, 0.2) is 0 Å². The van der Waals surface area contributed by atoms with E-state index >= 15 is 0 Å². The minimum Gasteiger partial charge on any atom is -0.481 e. The predicted octanol–water partition coefficient (Wildman–Crippen LogP) is 3.54. The lowest BCUT2D eigenvalue weighted by molar-refractivity contribution is -0.384. The first kappa shape index (κ1) is 25.1. The number of nitro groups is 1. The molecule has 2 aromatic carbocycles. The fourth-order valence-corrected chi connectivity index (χ4v) is 4.94. The average Bonchev–Trinajstić information content (AvgIpc) is 2.78. The number of piperidine rings is 1. The zero-order valence-electron chi connectivity index (χ0n) is 17.4. The zero-order chi connectivity index (χ0) is 25.1. The van der Waals surface area contributed by atoms with Crippen molar-refractivity contribution in [1.82, 2.24) is 4.31 Å². The van der Waals surface area contributed by atoms with E-state index in [-0.39, 0.29) is 42.1 Å². The molecule has 1 aliphatic rings. The third-order valence-corrected chi connectivity index (χ3v) is 7.16. The lowest BCUT2D eigenvalue weighted by Gasteiger charge is -2.29. The Balaban J connectivity index is 1.82. The molecule has 2 aromatic rings. The van der Waals surface area contributed by atoms with Crippen LogP contribution >= 0.6 is 0 Å². The van der Waals surface area contributed by atoms with Crippen LogP contribution in [0.3, 0.4) is 0 Å². The molecule has 1 aliphatic heterocycles. The maximum absolute atomic E-state index is 13.1. The van der Waals surface area contributed by atoms with Gasteiger partial charge in [0.1, 0.15) is 5.69 Å². The standard InChI is InChI=1S/C20H19F3N4O6S/c21-20(22,23)16-4-2-1-3-14(16)12-24-25-17-6-5-15(11-18(17)27(30)31)34(32,33)26-9-7-13(8-10-26)19(28)29/h1-6,11-13,25H,7-10H2,(H,28,29)/b24-12-. The molecular weight excluding hydrogens is 481 g/mol. The van der Waals surface area contributed by atoms with Crippen LogP contribution in [0.15, 0.2) is 52.5 Å². The molecule has 0 bridgehead atoms. The Morgan fingerprint density at radius 2 is 1.85 bits per heavy atom. The predicted molar refractivity (Wildman–Crippen MR) is 115 cm³/mol. The van der Waals surface area contributed by atoms with Gasteiger partial charge in [0.2, 0.25) is 10.0 Å². The molecule has 0 saturated carbocycles. The van der Waals surface area contributed by atoms with Crippen LogP contribution in [-0.4, -0.2) is 48.0 Å². The first-order valence-electron chi connectivity index (χ1n) is 9.88. The van der Waals surface area contributed by atoms with Gasteiger partial charge < -0.3 is 5.11 Å². The first-order valence-corrected chi connectivity index (χ1v) is 11.3. The van der Waals surface area contributed by atoms with E-state index in [4.69, 9.17) is 5.11 Å². The van der Waals surface area contributed by atoms with Crippen LogP contribution in [0.1, 0.15) is 24.0 Å². The van der Waals surface area contributed by atoms with Gasteiger partial charge in [-0.25, -0.2) is 8.42 Å². The van der Waals surface area contributed by atoms with E-state index in [0.29, 0.717) is 0 Å². The minimum atomic E-state index is -4.62. The number of rotatable bonds is 7. The number of nitrogens with one attached hydrogen (secondary N) is 1. The number of carboxylic acids is 1. The number of hydrogen-bond donors (Lipinski definition) is 2. The van der Waals surface area contributed by atoms with Gasteiger partial charge in [-0.3, -0.25) is 20.3 Å². The molecule has 34 heavy (non-hydrogen) atoms. The van der Waals surface area contributed by atoms with Crippen molar-refractivity contribution >= 4 is 33.6 Å². The highest BCUT2D eigenvalue weighted by molar-refractivity contribution is 7.89. The van der Waals surface area contributed by atoms with Gasteiger partial charge in [-0.05, 0) is 31.0 Å². The molecule has 0 atom stereocenters. The Kier molecular flexibility index (Phi) is 7.21. The third kappa shape index (κ3) is 5.51. The molecule has 0 spiro atoms. The van der Waals surface area contributed by atoms with Gasteiger partial charge in [0.25, 0.3) is 5.69 Å². The second-order valence-corrected chi connectivity index (χ2v) is 9.35. The number of hydrogen-bond acceptors (Lipinski definition) is 7. The highest BCUT2D eigenvalue weighted by Gasteiger charge is 2.34. The first-order chi connectivity index (χ1) is 15.9. The van der Waals surface area contributed by atoms with Crippen LogP contribution in [0, 0.1) is 16.0 Å². The van der Waals surface area contributed by atoms with Crippen LogP contribution in [0.2, 0.25) is 0 Å². The summed E-state index contributed by atoms with van der Waals surface area (Å²) in [4.78, 5) is 21.3. The molecule has 1 saturated heterocycles. The Morgan fingerprint density at radius 1 is 1.21 bits per heavy atom. The summed E-state index contributed by atoms with van der Waals surface area (Å²) in [6, 6.07) is 7.63. The van der Waals surface area contributed by atoms with E-state index in [1.165, 1.54) is 18.2 Å². The molecule has 1 heterocycles. The molecule has 0 radical (unpaired) electrons. The number of benzene rings is 2. The maximum atomic E-state index is 13.1. The summed E-state index contributed by atoms with van der Waals surface area (Å²) < 4.78 is 66.1. The van der Waals surface area contributed by atoms with Crippen molar-refractivity contribution in [3.05, 3.63) is 63.7 Å². The lowest BCUT2D eigenvalue weighted by atomic mass is 9.99.